The van der Waals surface area contributed by atoms with Gasteiger partial charge in [0.1, 0.15) is 0 Å². The minimum Gasteiger partial charge on any atom is -0.492 e. The maximum Gasteiger partial charge on any atom is 0.309 e. The number of piperidine rings is 1. The number of aromatic hydroxyl groups is 1. The molecule has 5 rings (SSSR count). The molecule has 172 valence electrons. The Morgan fingerprint density at radius 2 is 2.12 bits per heavy atom. The lowest BCUT2D eigenvalue weighted by molar-refractivity contribution is -0.149. The number of aryl methyl sites for hydroxylation is 1. The number of hydrogen-bond donors (Lipinski definition) is 1. The van der Waals surface area contributed by atoms with E-state index in [4.69, 9.17) is 9.15 Å². The number of esters is 1. The number of nitrogens with zero attached hydrogens (tertiary/aromatic N) is 4. The topological polar surface area (TPSA) is 93.1 Å². The monoisotopic (exact) mass is 466 g/mol. The predicted molar refractivity (Wildman–Crippen MR) is 124 cm³/mol. The van der Waals surface area contributed by atoms with Crippen molar-refractivity contribution in [1.29, 1.82) is 0 Å². The number of carbonyl (C=O) groups excluding carboxylic acids is 1. The Morgan fingerprint density at radius 1 is 1.30 bits per heavy atom. The molecule has 9 heteroatoms. The number of aromatic nitrogens is 3. The van der Waals surface area contributed by atoms with Gasteiger partial charge in [-0.1, -0.05) is 41.2 Å². The van der Waals surface area contributed by atoms with Crippen LogP contribution in [0.1, 0.15) is 41.8 Å². The summed E-state index contributed by atoms with van der Waals surface area (Å²) in [5.74, 6) is 0.889. The lowest BCUT2D eigenvalue weighted by Crippen LogP contribution is -2.39. The third kappa shape index (κ3) is 4.14. The van der Waals surface area contributed by atoms with Crippen molar-refractivity contribution >= 4 is 22.3 Å². The van der Waals surface area contributed by atoms with Crippen molar-refractivity contribution in [3.05, 3.63) is 58.7 Å². The zero-order chi connectivity index (χ0) is 22.9. The summed E-state index contributed by atoms with van der Waals surface area (Å²) in [7, 11) is 0. The summed E-state index contributed by atoms with van der Waals surface area (Å²) in [4.78, 5) is 20.5. The molecular formula is C24H26N4O4S. The number of benzene rings is 1. The highest BCUT2D eigenvalue weighted by atomic mass is 32.1. The van der Waals surface area contributed by atoms with Gasteiger partial charge in [-0.2, -0.15) is 9.50 Å². The maximum absolute atomic E-state index is 12.2. The summed E-state index contributed by atoms with van der Waals surface area (Å²) in [5.41, 5.74) is 2.24. The highest BCUT2D eigenvalue weighted by molar-refractivity contribution is 7.17. The van der Waals surface area contributed by atoms with Gasteiger partial charge in [0, 0.05) is 0 Å². The van der Waals surface area contributed by atoms with Crippen molar-refractivity contribution in [3.8, 4) is 17.5 Å². The molecule has 0 spiro atoms. The minimum atomic E-state index is -0.159. The molecule has 1 N–H and O–H groups in total. The molecular weight excluding hydrogens is 440 g/mol. The molecule has 1 aliphatic rings. The van der Waals surface area contributed by atoms with Crippen LogP contribution in [0.15, 0.2) is 47.1 Å². The molecule has 1 saturated heterocycles. The Labute approximate surface area is 195 Å². The zero-order valence-electron chi connectivity index (χ0n) is 18.6. The number of thiazole rings is 1. The van der Waals surface area contributed by atoms with E-state index in [9.17, 15) is 9.90 Å². The third-order valence-corrected chi connectivity index (χ3v) is 7.13. The van der Waals surface area contributed by atoms with Gasteiger partial charge >= 0.3 is 5.97 Å². The molecule has 4 aromatic rings. The van der Waals surface area contributed by atoms with Crippen LogP contribution in [-0.2, 0) is 9.53 Å². The zero-order valence-corrected chi connectivity index (χ0v) is 19.4. The molecule has 1 fully saturated rings. The van der Waals surface area contributed by atoms with E-state index in [-0.39, 0.29) is 23.8 Å². The number of ether oxygens (including phenoxy) is 1. The maximum atomic E-state index is 12.2. The number of furan rings is 1. The fraction of sp³-hybridized carbons (Fsp3) is 0.375. The van der Waals surface area contributed by atoms with Gasteiger partial charge in [0.2, 0.25) is 16.7 Å². The minimum absolute atomic E-state index is 0.0777. The SMILES string of the molecule is CCOC(=O)C1CCN([C@@H](c2cccc(C)c2)c2sc3nc(-c4ccco4)nn3c2O)CC1. The van der Waals surface area contributed by atoms with Crippen molar-refractivity contribution in [1.82, 2.24) is 19.5 Å². The number of likely N-dealkylation sites (tertiary alicyclic amines) is 1. The van der Waals surface area contributed by atoms with Gasteiger partial charge in [0.05, 0.1) is 29.7 Å². The molecule has 1 aromatic carbocycles. The number of hydrogen-bond acceptors (Lipinski definition) is 8. The molecule has 8 nitrogen and oxygen atoms in total. The smallest absolute Gasteiger partial charge is 0.309 e. The van der Waals surface area contributed by atoms with Gasteiger partial charge in [-0.15, -0.1) is 5.10 Å². The molecule has 0 saturated carbocycles. The summed E-state index contributed by atoms with van der Waals surface area (Å²) < 4.78 is 12.1. The van der Waals surface area contributed by atoms with Gasteiger partial charge in [-0.25, -0.2) is 0 Å². The van der Waals surface area contributed by atoms with Gasteiger partial charge in [-0.3, -0.25) is 9.69 Å². The summed E-state index contributed by atoms with van der Waals surface area (Å²) in [6, 6.07) is 11.7. The van der Waals surface area contributed by atoms with Crippen molar-refractivity contribution in [3.63, 3.8) is 0 Å². The lowest BCUT2D eigenvalue weighted by atomic mass is 9.93. The molecule has 1 atom stereocenters. The van der Waals surface area contributed by atoms with E-state index in [1.165, 1.54) is 15.9 Å². The van der Waals surface area contributed by atoms with Crippen molar-refractivity contribution in [2.75, 3.05) is 19.7 Å². The lowest BCUT2D eigenvalue weighted by Gasteiger charge is -2.36. The van der Waals surface area contributed by atoms with Crippen LogP contribution in [-0.4, -0.2) is 50.3 Å². The van der Waals surface area contributed by atoms with E-state index in [1.807, 2.05) is 13.0 Å². The number of carbonyl (C=O) groups is 1. The second-order valence-electron chi connectivity index (χ2n) is 8.28. The highest BCUT2D eigenvalue weighted by Gasteiger charge is 2.34. The van der Waals surface area contributed by atoms with E-state index in [0.717, 1.165) is 41.9 Å². The van der Waals surface area contributed by atoms with Gasteiger partial charge in [-0.05, 0) is 57.5 Å². The van der Waals surface area contributed by atoms with Crippen molar-refractivity contribution in [2.24, 2.45) is 5.92 Å². The van der Waals surface area contributed by atoms with E-state index < -0.39 is 0 Å². The Morgan fingerprint density at radius 3 is 2.79 bits per heavy atom. The van der Waals surface area contributed by atoms with Gasteiger partial charge in [0.15, 0.2) is 5.76 Å². The summed E-state index contributed by atoms with van der Waals surface area (Å²) in [6.07, 6.45) is 3.03. The van der Waals surface area contributed by atoms with Gasteiger partial charge in [0.25, 0.3) is 0 Å². The van der Waals surface area contributed by atoms with E-state index in [2.05, 4.69) is 40.1 Å². The second kappa shape index (κ2) is 8.99. The Bertz CT molecular complexity index is 1250. The quantitative estimate of drug-likeness (QED) is 0.420. The van der Waals surface area contributed by atoms with Crippen LogP contribution >= 0.6 is 11.3 Å². The van der Waals surface area contributed by atoms with E-state index in [0.29, 0.717) is 23.2 Å². The molecule has 0 bridgehead atoms. The molecule has 33 heavy (non-hydrogen) atoms. The first-order chi connectivity index (χ1) is 16.0. The summed E-state index contributed by atoms with van der Waals surface area (Å²) in [6.45, 7) is 5.76. The normalized spacial score (nSPS) is 16.3. The molecule has 3 aromatic heterocycles. The number of fused-ring (bicyclic) bond motifs is 1. The first-order valence-electron chi connectivity index (χ1n) is 11.1. The molecule has 0 unspecified atom stereocenters. The van der Waals surface area contributed by atoms with Crippen LogP contribution in [0.25, 0.3) is 16.5 Å². The summed E-state index contributed by atoms with van der Waals surface area (Å²) >= 11 is 1.42. The van der Waals surface area contributed by atoms with Crippen LogP contribution in [0.2, 0.25) is 0 Å². The van der Waals surface area contributed by atoms with Crippen molar-refractivity contribution < 1.29 is 19.1 Å². The van der Waals surface area contributed by atoms with E-state index in [1.54, 1.807) is 18.4 Å². The average Bonchev–Trinajstić information content (AvgIpc) is 3.54. The average molecular weight is 467 g/mol. The highest BCUT2D eigenvalue weighted by Crippen LogP contribution is 2.42. The molecule has 0 amide bonds. The van der Waals surface area contributed by atoms with E-state index >= 15 is 0 Å². The fourth-order valence-corrected chi connectivity index (χ4v) is 5.58. The first kappa shape index (κ1) is 21.7. The first-order valence-corrected chi connectivity index (χ1v) is 12.0. The molecule has 4 heterocycles. The predicted octanol–water partition coefficient (Wildman–Crippen LogP) is 4.43. The van der Waals surface area contributed by atoms with Gasteiger partial charge < -0.3 is 14.3 Å². The second-order valence-corrected chi connectivity index (χ2v) is 9.29. The van der Waals surface area contributed by atoms with Crippen LogP contribution in [0.5, 0.6) is 5.88 Å². The largest absolute Gasteiger partial charge is 0.492 e. The van der Waals surface area contributed by atoms with Crippen LogP contribution in [0.3, 0.4) is 0 Å². The fourth-order valence-electron chi connectivity index (χ4n) is 4.46. The Hall–Kier alpha value is -3.17. The molecule has 1 aliphatic heterocycles. The molecule has 0 aliphatic carbocycles. The third-order valence-electron chi connectivity index (χ3n) is 6.06. The standard InChI is InChI=1S/C24H26N4O4S/c1-3-31-23(30)16-9-11-27(12-10-16)19(17-7-4-6-15(2)14-17)20-22(29)28-24(33-20)25-21(26-28)18-8-5-13-32-18/h4-8,13-14,16,19,29H,3,9-12H2,1-2H3/t19-/m0/s1. The van der Waals surface area contributed by atoms with Crippen molar-refractivity contribution in [2.45, 2.75) is 32.7 Å². The van der Waals surface area contributed by atoms with Crippen LogP contribution in [0.4, 0.5) is 0 Å². The summed E-state index contributed by atoms with van der Waals surface area (Å²) in [5, 5.41) is 15.6. The number of rotatable bonds is 6. The van der Waals surface area contributed by atoms with Crippen LogP contribution < -0.4 is 0 Å². The molecule has 0 radical (unpaired) electrons. The van der Waals surface area contributed by atoms with Crippen LogP contribution in [0, 0.1) is 12.8 Å². The Balaban J connectivity index is 1.49. The Kier molecular flexibility index (Phi) is 5.90.